The molecular formula is C24H27N3O2S. The van der Waals surface area contributed by atoms with Crippen LogP contribution >= 0.6 is 11.3 Å². The van der Waals surface area contributed by atoms with Gasteiger partial charge in [-0.25, -0.2) is 4.98 Å². The number of primary amides is 1. The smallest absolute Gasteiger partial charge is 0.274 e. The van der Waals surface area contributed by atoms with Crippen LogP contribution in [0, 0.1) is 12.8 Å². The maximum absolute atomic E-state index is 13.7. The Kier molecular flexibility index (Phi) is 7.00. The van der Waals surface area contributed by atoms with E-state index < -0.39 is 11.9 Å². The molecular weight excluding hydrogens is 394 g/mol. The summed E-state index contributed by atoms with van der Waals surface area (Å²) in [5.74, 6) is -0.563. The van der Waals surface area contributed by atoms with Gasteiger partial charge in [-0.05, 0) is 30.4 Å². The van der Waals surface area contributed by atoms with Crippen LogP contribution in [0.25, 0.3) is 10.4 Å². The highest BCUT2D eigenvalue weighted by atomic mass is 32.1. The van der Waals surface area contributed by atoms with E-state index in [1.54, 1.807) is 4.90 Å². The number of benzene rings is 2. The minimum Gasteiger partial charge on any atom is -0.368 e. The Labute approximate surface area is 181 Å². The molecule has 2 aromatic carbocycles. The second-order valence-electron chi connectivity index (χ2n) is 7.74. The average molecular weight is 422 g/mol. The Morgan fingerprint density at radius 3 is 2.20 bits per heavy atom. The molecule has 0 bridgehead atoms. The van der Waals surface area contributed by atoms with Gasteiger partial charge < -0.3 is 10.6 Å². The third-order valence-electron chi connectivity index (χ3n) is 4.83. The molecule has 0 aliphatic carbocycles. The Hall–Kier alpha value is -2.99. The fraction of sp³-hybridized carbons (Fsp3) is 0.292. The lowest BCUT2D eigenvalue weighted by Crippen LogP contribution is -2.48. The van der Waals surface area contributed by atoms with Gasteiger partial charge in [-0.3, -0.25) is 9.59 Å². The molecule has 3 aromatic rings. The molecule has 1 aromatic heterocycles. The zero-order valence-electron chi connectivity index (χ0n) is 17.5. The first-order chi connectivity index (χ1) is 14.4. The van der Waals surface area contributed by atoms with Crippen molar-refractivity contribution >= 4 is 23.2 Å². The van der Waals surface area contributed by atoms with Crippen molar-refractivity contribution < 1.29 is 9.59 Å². The fourth-order valence-electron chi connectivity index (χ4n) is 3.44. The van der Waals surface area contributed by atoms with Crippen molar-refractivity contribution in [2.75, 3.05) is 0 Å². The lowest BCUT2D eigenvalue weighted by molar-refractivity contribution is -0.123. The highest BCUT2D eigenvalue weighted by molar-refractivity contribution is 7.15. The zero-order chi connectivity index (χ0) is 21.7. The molecule has 0 saturated heterocycles. The van der Waals surface area contributed by atoms with E-state index in [4.69, 9.17) is 5.73 Å². The number of thiazole rings is 1. The number of nitrogens with two attached hydrogens (primary N) is 1. The fourth-order valence-corrected chi connectivity index (χ4v) is 4.36. The summed E-state index contributed by atoms with van der Waals surface area (Å²) in [5.41, 5.74) is 8.00. The molecule has 30 heavy (non-hydrogen) atoms. The molecule has 1 atom stereocenters. The van der Waals surface area contributed by atoms with E-state index in [1.807, 2.05) is 81.4 Å². The lowest BCUT2D eigenvalue weighted by atomic mass is 10.00. The SMILES string of the molecule is Cc1nc(C(=O)N(Cc2ccccc2)C(CC(C)C)C(N)=O)c(-c2ccccc2)s1. The Morgan fingerprint density at radius 2 is 1.63 bits per heavy atom. The third-order valence-corrected chi connectivity index (χ3v) is 5.85. The number of aromatic nitrogens is 1. The Balaban J connectivity index is 2.05. The van der Waals surface area contributed by atoms with Crippen LogP contribution in [0.3, 0.4) is 0 Å². The summed E-state index contributed by atoms with van der Waals surface area (Å²) in [4.78, 5) is 33.1. The zero-order valence-corrected chi connectivity index (χ0v) is 18.4. The van der Waals surface area contributed by atoms with Crippen LogP contribution < -0.4 is 5.73 Å². The van der Waals surface area contributed by atoms with Gasteiger partial charge in [0.2, 0.25) is 5.91 Å². The van der Waals surface area contributed by atoms with Gasteiger partial charge in [0.05, 0.1) is 9.88 Å². The molecule has 0 radical (unpaired) electrons. The molecule has 0 aliphatic heterocycles. The van der Waals surface area contributed by atoms with Crippen molar-refractivity contribution in [1.29, 1.82) is 0 Å². The van der Waals surface area contributed by atoms with Gasteiger partial charge in [0.15, 0.2) is 0 Å². The Bertz CT molecular complexity index is 1000. The van der Waals surface area contributed by atoms with Gasteiger partial charge in [-0.1, -0.05) is 74.5 Å². The highest BCUT2D eigenvalue weighted by Gasteiger charge is 2.32. The molecule has 0 spiro atoms. The average Bonchev–Trinajstić information content (AvgIpc) is 3.13. The van der Waals surface area contributed by atoms with Crippen LogP contribution in [0.15, 0.2) is 60.7 Å². The minimum absolute atomic E-state index is 0.208. The van der Waals surface area contributed by atoms with E-state index in [2.05, 4.69) is 4.98 Å². The molecule has 1 heterocycles. The second kappa shape index (κ2) is 9.67. The molecule has 1 unspecified atom stereocenters. The first kappa shape index (κ1) is 21.7. The summed E-state index contributed by atoms with van der Waals surface area (Å²) in [6, 6.07) is 18.7. The van der Waals surface area contributed by atoms with Crippen LogP contribution in [0.1, 0.15) is 41.3 Å². The van der Waals surface area contributed by atoms with Crippen molar-refractivity contribution in [2.45, 2.75) is 39.8 Å². The summed E-state index contributed by atoms with van der Waals surface area (Å²) in [6.07, 6.45) is 0.498. The van der Waals surface area contributed by atoms with Crippen molar-refractivity contribution in [3.63, 3.8) is 0 Å². The number of aryl methyl sites for hydroxylation is 1. The molecule has 3 rings (SSSR count). The molecule has 2 N–H and O–H groups in total. The van der Waals surface area contributed by atoms with Crippen molar-refractivity contribution in [3.05, 3.63) is 76.9 Å². The summed E-state index contributed by atoms with van der Waals surface area (Å²) in [6.45, 7) is 6.22. The van der Waals surface area contributed by atoms with E-state index >= 15 is 0 Å². The van der Waals surface area contributed by atoms with Crippen molar-refractivity contribution in [2.24, 2.45) is 11.7 Å². The third kappa shape index (κ3) is 5.13. The van der Waals surface area contributed by atoms with Crippen LogP contribution in [-0.4, -0.2) is 27.7 Å². The van der Waals surface area contributed by atoms with Crippen molar-refractivity contribution in [3.8, 4) is 10.4 Å². The van der Waals surface area contributed by atoms with E-state index in [0.717, 1.165) is 21.0 Å². The molecule has 0 fully saturated rings. The van der Waals surface area contributed by atoms with Gasteiger partial charge in [0, 0.05) is 6.54 Å². The van der Waals surface area contributed by atoms with Crippen LogP contribution in [0.2, 0.25) is 0 Å². The van der Waals surface area contributed by atoms with Gasteiger partial charge in [0.1, 0.15) is 11.7 Å². The number of carbonyl (C=O) groups excluding carboxylic acids is 2. The first-order valence-electron chi connectivity index (χ1n) is 10.0. The Morgan fingerprint density at radius 1 is 1.03 bits per heavy atom. The van der Waals surface area contributed by atoms with Crippen LogP contribution in [-0.2, 0) is 11.3 Å². The summed E-state index contributed by atoms with van der Waals surface area (Å²) < 4.78 is 0. The maximum Gasteiger partial charge on any atom is 0.274 e. The van der Waals surface area contributed by atoms with Crippen molar-refractivity contribution in [1.82, 2.24) is 9.88 Å². The molecule has 6 heteroatoms. The second-order valence-corrected chi connectivity index (χ2v) is 8.95. The standard InChI is InChI=1S/C24H27N3O2S/c1-16(2)14-20(23(25)28)27(15-18-10-6-4-7-11-18)24(29)21-22(30-17(3)26-21)19-12-8-5-9-13-19/h4-13,16,20H,14-15H2,1-3H3,(H2,25,28). The summed E-state index contributed by atoms with van der Waals surface area (Å²) in [7, 11) is 0. The topological polar surface area (TPSA) is 76.3 Å². The largest absolute Gasteiger partial charge is 0.368 e. The summed E-state index contributed by atoms with van der Waals surface area (Å²) >= 11 is 1.48. The van der Waals surface area contributed by atoms with Gasteiger partial charge >= 0.3 is 0 Å². The highest BCUT2D eigenvalue weighted by Crippen LogP contribution is 2.32. The van der Waals surface area contributed by atoms with E-state index in [1.165, 1.54) is 11.3 Å². The molecule has 5 nitrogen and oxygen atoms in total. The number of rotatable bonds is 8. The van der Waals surface area contributed by atoms with E-state index in [-0.39, 0.29) is 11.8 Å². The number of hydrogen-bond acceptors (Lipinski definition) is 4. The van der Waals surface area contributed by atoms with Gasteiger partial charge in [-0.15, -0.1) is 11.3 Å². The number of amides is 2. The molecule has 0 saturated carbocycles. The lowest BCUT2D eigenvalue weighted by Gasteiger charge is -2.31. The molecule has 156 valence electrons. The molecule has 0 aliphatic rings. The normalized spacial score (nSPS) is 12.0. The molecule has 2 amide bonds. The quantitative estimate of drug-likeness (QED) is 0.575. The number of carbonyl (C=O) groups is 2. The van der Waals surface area contributed by atoms with E-state index in [0.29, 0.717) is 18.7 Å². The number of hydrogen-bond donors (Lipinski definition) is 1. The van der Waals surface area contributed by atoms with Crippen LogP contribution in [0.5, 0.6) is 0 Å². The van der Waals surface area contributed by atoms with E-state index in [9.17, 15) is 9.59 Å². The minimum atomic E-state index is -0.705. The predicted octanol–water partition coefficient (Wildman–Crippen LogP) is 4.66. The predicted molar refractivity (Wildman–Crippen MR) is 121 cm³/mol. The maximum atomic E-state index is 13.7. The number of nitrogens with zero attached hydrogens (tertiary/aromatic N) is 2. The van der Waals surface area contributed by atoms with Gasteiger partial charge in [0.25, 0.3) is 5.91 Å². The monoisotopic (exact) mass is 421 g/mol. The summed E-state index contributed by atoms with van der Waals surface area (Å²) in [5, 5.41) is 0.802. The van der Waals surface area contributed by atoms with Gasteiger partial charge in [-0.2, -0.15) is 0 Å². The first-order valence-corrected chi connectivity index (χ1v) is 10.9. The van der Waals surface area contributed by atoms with Crippen LogP contribution in [0.4, 0.5) is 0 Å².